The highest BCUT2D eigenvalue weighted by atomic mass is 32.1. The lowest BCUT2D eigenvalue weighted by Crippen LogP contribution is -2.36. The van der Waals surface area contributed by atoms with Crippen LogP contribution in [0.3, 0.4) is 0 Å². The van der Waals surface area contributed by atoms with Gasteiger partial charge in [-0.15, -0.1) is 0 Å². The number of carbonyl (C=O) groups is 1. The van der Waals surface area contributed by atoms with Crippen molar-refractivity contribution in [3.63, 3.8) is 0 Å². The maximum Gasteiger partial charge on any atom is 0.244 e. The van der Waals surface area contributed by atoms with Crippen molar-refractivity contribution >= 4 is 49.3 Å². The molecule has 1 amide bonds. The molecule has 2 aromatic heterocycles. The fourth-order valence-electron chi connectivity index (χ4n) is 4.30. The number of anilines is 2. The molecular formula is C27H25N5O3S. The molecule has 1 aliphatic rings. The molecule has 0 saturated carbocycles. The van der Waals surface area contributed by atoms with Crippen molar-refractivity contribution in [2.24, 2.45) is 0 Å². The molecule has 0 spiro atoms. The first kappa shape index (κ1) is 22.5. The number of hydrogen-bond donors (Lipinski definition) is 1. The number of carbonyl (C=O) groups excluding carboxylic acids is 1. The normalized spacial score (nSPS) is 13.8. The third-order valence-corrected chi connectivity index (χ3v) is 7.17. The lowest BCUT2D eigenvalue weighted by Gasteiger charge is -2.25. The number of benzene rings is 3. The minimum atomic E-state index is -0.128. The first-order valence-electron chi connectivity index (χ1n) is 11.9. The molecule has 5 aromatic rings. The number of para-hydroxylation sites is 3. The smallest absolute Gasteiger partial charge is 0.244 e. The number of imidazole rings is 1. The Hall–Kier alpha value is -3.95. The monoisotopic (exact) mass is 499 g/mol. The predicted molar refractivity (Wildman–Crippen MR) is 142 cm³/mol. The maximum atomic E-state index is 13.1. The summed E-state index contributed by atoms with van der Waals surface area (Å²) in [7, 11) is 0. The highest BCUT2D eigenvalue weighted by molar-refractivity contribution is 7.22. The van der Waals surface area contributed by atoms with Crippen LogP contribution in [0.2, 0.25) is 0 Å². The molecule has 0 radical (unpaired) electrons. The van der Waals surface area contributed by atoms with Crippen LogP contribution in [0.15, 0.2) is 72.8 Å². The zero-order valence-corrected chi connectivity index (χ0v) is 20.4. The Labute approximate surface area is 212 Å². The molecule has 0 atom stereocenters. The van der Waals surface area contributed by atoms with Crippen LogP contribution in [0.25, 0.3) is 21.3 Å². The molecule has 8 nitrogen and oxygen atoms in total. The second kappa shape index (κ2) is 9.96. The quantitative estimate of drug-likeness (QED) is 0.350. The zero-order chi connectivity index (χ0) is 24.3. The van der Waals surface area contributed by atoms with Crippen LogP contribution in [0.4, 0.5) is 10.8 Å². The molecule has 36 heavy (non-hydrogen) atoms. The molecule has 1 fully saturated rings. The number of thiazole rings is 1. The van der Waals surface area contributed by atoms with Crippen LogP contribution < -0.4 is 15.0 Å². The highest BCUT2D eigenvalue weighted by Gasteiger charge is 2.17. The Kier molecular flexibility index (Phi) is 6.23. The average molecular weight is 500 g/mol. The summed E-state index contributed by atoms with van der Waals surface area (Å²) in [6, 6.07) is 23.2. The van der Waals surface area contributed by atoms with E-state index in [4.69, 9.17) is 19.4 Å². The second-order valence-corrected chi connectivity index (χ2v) is 9.54. The van der Waals surface area contributed by atoms with Crippen molar-refractivity contribution in [2.45, 2.75) is 13.2 Å². The molecular weight excluding hydrogens is 474 g/mol. The van der Waals surface area contributed by atoms with Gasteiger partial charge >= 0.3 is 0 Å². The number of aromatic nitrogens is 3. The summed E-state index contributed by atoms with van der Waals surface area (Å²) >= 11 is 1.64. The van der Waals surface area contributed by atoms with Gasteiger partial charge in [0.25, 0.3) is 0 Å². The van der Waals surface area contributed by atoms with Gasteiger partial charge in [0, 0.05) is 18.8 Å². The molecule has 1 N–H and O–H groups in total. The van der Waals surface area contributed by atoms with Crippen molar-refractivity contribution in [2.75, 3.05) is 36.5 Å². The number of morpholine rings is 1. The van der Waals surface area contributed by atoms with E-state index in [1.807, 2.05) is 77.4 Å². The van der Waals surface area contributed by atoms with Crippen molar-refractivity contribution in [1.29, 1.82) is 0 Å². The lowest BCUT2D eigenvalue weighted by atomic mass is 10.3. The number of hydrogen-bond acceptors (Lipinski definition) is 7. The van der Waals surface area contributed by atoms with Gasteiger partial charge < -0.3 is 24.3 Å². The number of nitrogens with one attached hydrogen (secondary N) is 1. The zero-order valence-electron chi connectivity index (χ0n) is 19.6. The van der Waals surface area contributed by atoms with Crippen LogP contribution in [0.1, 0.15) is 5.82 Å². The van der Waals surface area contributed by atoms with E-state index < -0.39 is 0 Å². The van der Waals surface area contributed by atoms with E-state index in [1.54, 1.807) is 11.3 Å². The van der Waals surface area contributed by atoms with Gasteiger partial charge in [-0.1, -0.05) is 41.7 Å². The molecule has 1 aliphatic heterocycles. The number of fused-ring (bicyclic) bond motifs is 2. The molecule has 3 aromatic carbocycles. The minimum Gasteiger partial charge on any atom is -0.486 e. The van der Waals surface area contributed by atoms with Crippen LogP contribution in [0, 0.1) is 0 Å². The third-order valence-electron chi connectivity index (χ3n) is 6.09. The number of nitrogens with zero attached hydrogens (tertiary/aromatic N) is 4. The summed E-state index contributed by atoms with van der Waals surface area (Å²) < 4.78 is 14.3. The molecule has 0 aliphatic carbocycles. The molecule has 182 valence electrons. The van der Waals surface area contributed by atoms with Crippen LogP contribution in [-0.4, -0.2) is 46.7 Å². The lowest BCUT2D eigenvalue weighted by molar-refractivity contribution is -0.116. The van der Waals surface area contributed by atoms with Gasteiger partial charge in [-0.05, 0) is 42.5 Å². The summed E-state index contributed by atoms with van der Waals surface area (Å²) in [5.41, 5.74) is 3.41. The predicted octanol–water partition coefficient (Wildman–Crippen LogP) is 4.70. The molecule has 0 bridgehead atoms. The third kappa shape index (κ3) is 4.75. The van der Waals surface area contributed by atoms with E-state index >= 15 is 0 Å². The maximum absolute atomic E-state index is 13.1. The van der Waals surface area contributed by atoms with Gasteiger partial charge in [0.1, 0.15) is 24.7 Å². The van der Waals surface area contributed by atoms with Crippen molar-refractivity contribution in [3.05, 3.63) is 78.6 Å². The van der Waals surface area contributed by atoms with E-state index in [0.29, 0.717) is 5.82 Å². The van der Waals surface area contributed by atoms with E-state index in [2.05, 4.69) is 10.2 Å². The Morgan fingerprint density at radius 1 is 0.972 bits per heavy atom. The van der Waals surface area contributed by atoms with Crippen LogP contribution in [-0.2, 0) is 22.7 Å². The Bertz CT molecular complexity index is 1510. The van der Waals surface area contributed by atoms with E-state index in [9.17, 15) is 4.79 Å². The van der Waals surface area contributed by atoms with Gasteiger partial charge in [-0.3, -0.25) is 4.79 Å². The van der Waals surface area contributed by atoms with Crippen molar-refractivity contribution in [1.82, 2.24) is 14.5 Å². The fraction of sp³-hybridized carbons (Fsp3) is 0.222. The number of ether oxygens (including phenoxy) is 2. The topological polar surface area (TPSA) is 81.5 Å². The van der Waals surface area contributed by atoms with Crippen LogP contribution >= 0.6 is 11.3 Å². The summed E-state index contributed by atoms with van der Waals surface area (Å²) in [6.45, 7) is 3.53. The Morgan fingerprint density at radius 2 is 1.78 bits per heavy atom. The second-order valence-electron chi connectivity index (χ2n) is 8.53. The summed E-state index contributed by atoms with van der Waals surface area (Å²) in [5, 5.41) is 4.03. The Morgan fingerprint density at radius 3 is 2.64 bits per heavy atom. The van der Waals surface area contributed by atoms with Crippen molar-refractivity contribution < 1.29 is 14.3 Å². The van der Waals surface area contributed by atoms with Gasteiger partial charge in [0.2, 0.25) is 5.91 Å². The molecule has 6 rings (SSSR count). The Balaban J connectivity index is 1.19. The van der Waals surface area contributed by atoms with E-state index in [-0.39, 0.29) is 19.1 Å². The van der Waals surface area contributed by atoms with E-state index in [0.717, 1.165) is 64.1 Å². The SMILES string of the molecule is O=C(Cn1c(COc2ccccc2)nc2ccccc21)Nc1ccc2nc(N3CCOCC3)sc2c1. The van der Waals surface area contributed by atoms with Gasteiger partial charge in [0.05, 0.1) is 34.5 Å². The summed E-state index contributed by atoms with van der Waals surface area (Å²) in [5.74, 6) is 1.33. The van der Waals surface area contributed by atoms with Gasteiger partial charge in [-0.25, -0.2) is 9.97 Å². The molecule has 9 heteroatoms. The van der Waals surface area contributed by atoms with Crippen molar-refractivity contribution in [3.8, 4) is 5.75 Å². The van der Waals surface area contributed by atoms with E-state index in [1.165, 1.54) is 0 Å². The highest BCUT2D eigenvalue weighted by Crippen LogP contribution is 2.31. The molecule has 1 saturated heterocycles. The summed E-state index contributed by atoms with van der Waals surface area (Å²) in [4.78, 5) is 24.8. The summed E-state index contributed by atoms with van der Waals surface area (Å²) in [6.07, 6.45) is 0. The molecule has 0 unspecified atom stereocenters. The number of amides is 1. The minimum absolute atomic E-state index is 0.128. The van der Waals surface area contributed by atoms with Crippen LogP contribution in [0.5, 0.6) is 5.75 Å². The fourth-order valence-corrected chi connectivity index (χ4v) is 5.36. The standard InChI is InChI=1S/C27H25N5O3S/c33-26(28-19-10-11-22-24(16-19)36-27(30-22)31-12-14-34-15-13-31)17-32-23-9-5-4-8-21(23)29-25(32)18-35-20-6-2-1-3-7-20/h1-11,16H,12-15,17-18H2,(H,28,33). The first-order valence-corrected chi connectivity index (χ1v) is 12.7. The first-order chi connectivity index (χ1) is 17.7. The number of rotatable bonds is 7. The largest absolute Gasteiger partial charge is 0.486 e. The van der Waals surface area contributed by atoms with Gasteiger partial charge in [0.15, 0.2) is 5.13 Å². The van der Waals surface area contributed by atoms with Gasteiger partial charge in [-0.2, -0.15) is 0 Å². The molecule has 3 heterocycles. The average Bonchev–Trinajstić information content (AvgIpc) is 3.50.